The van der Waals surface area contributed by atoms with Crippen LogP contribution in [0.2, 0.25) is 0 Å². The lowest BCUT2D eigenvalue weighted by Gasteiger charge is -2.53. The van der Waals surface area contributed by atoms with Gasteiger partial charge in [-0.25, -0.2) is 0 Å². The fourth-order valence-electron chi connectivity index (χ4n) is 8.38. The molecule has 162 valence electrons. The summed E-state index contributed by atoms with van der Waals surface area (Å²) in [6.07, 6.45) is 11.3. The number of piperidine rings is 2. The van der Waals surface area contributed by atoms with Crippen LogP contribution in [0.4, 0.5) is 0 Å². The maximum absolute atomic E-state index is 4.17. The molecule has 2 saturated carbocycles. The first-order chi connectivity index (χ1) is 13.4. The largest absolute Gasteiger partial charge is 0.311 e. The van der Waals surface area contributed by atoms with E-state index in [1.165, 1.54) is 51.4 Å². The van der Waals surface area contributed by atoms with Crippen LogP contribution < -0.4 is 10.6 Å². The van der Waals surface area contributed by atoms with Crippen LogP contribution >= 0.6 is 0 Å². The first-order valence-electron chi connectivity index (χ1n) is 12.9. The first-order valence-corrected chi connectivity index (χ1v) is 12.9. The van der Waals surface area contributed by atoms with Crippen molar-refractivity contribution in [3.8, 4) is 0 Å². The Morgan fingerprint density at radius 2 is 0.929 bits per heavy atom. The van der Waals surface area contributed by atoms with Gasteiger partial charge < -0.3 is 10.6 Å². The highest BCUT2D eigenvalue weighted by Gasteiger charge is 2.46. The summed E-state index contributed by atoms with van der Waals surface area (Å²) in [5, 5.41) is 8.33. The maximum atomic E-state index is 4.17. The molecule has 2 heterocycles. The van der Waals surface area contributed by atoms with Gasteiger partial charge in [0.05, 0.1) is 0 Å². The summed E-state index contributed by atoms with van der Waals surface area (Å²) in [5.41, 5.74) is 0. The van der Waals surface area contributed by atoms with Gasteiger partial charge >= 0.3 is 0 Å². The summed E-state index contributed by atoms with van der Waals surface area (Å²) in [4.78, 5) is 0. The average Bonchev–Trinajstić information content (AvgIpc) is 2.66. The van der Waals surface area contributed by atoms with Crippen LogP contribution in [-0.2, 0) is 0 Å². The molecular weight excluding hydrogens is 340 g/mol. The Bertz CT molecular complexity index is 469. The van der Waals surface area contributed by atoms with E-state index in [2.05, 4.69) is 52.2 Å². The van der Waals surface area contributed by atoms with Crippen LogP contribution in [0.25, 0.3) is 0 Å². The van der Waals surface area contributed by atoms with Crippen LogP contribution in [-0.4, -0.2) is 24.2 Å². The minimum Gasteiger partial charge on any atom is -0.311 e. The molecular formula is C26H48N2. The normalized spacial score (nSPS) is 54.6. The highest BCUT2D eigenvalue weighted by Crippen LogP contribution is 2.45. The van der Waals surface area contributed by atoms with Crippen LogP contribution in [0.5, 0.6) is 0 Å². The Kier molecular flexibility index (Phi) is 6.48. The summed E-state index contributed by atoms with van der Waals surface area (Å²) in [6, 6.07) is 3.04. The molecule has 0 aromatic rings. The minimum absolute atomic E-state index is 0.730. The van der Waals surface area contributed by atoms with Gasteiger partial charge in [-0.3, -0.25) is 0 Å². The smallest absolute Gasteiger partial charge is 0.0103 e. The highest BCUT2D eigenvalue weighted by atomic mass is 15.0. The van der Waals surface area contributed by atoms with E-state index in [4.69, 9.17) is 0 Å². The molecule has 2 aliphatic heterocycles. The molecule has 2 saturated heterocycles. The van der Waals surface area contributed by atoms with Gasteiger partial charge in [-0.2, -0.15) is 0 Å². The van der Waals surface area contributed by atoms with Crippen molar-refractivity contribution in [1.29, 1.82) is 0 Å². The van der Waals surface area contributed by atoms with Gasteiger partial charge in [0, 0.05) is 24.2 Å². The summed E-state index contributed by atoms with van der Waals surface area (Å²) in [7, 11) is 0. The molecule has 12 unspecified atom stereocenters. The summed E-state index contributed by atoms with van der Waals surface area (Å²) >= 11 is 0. The predicted octanol–water partition coefficient (Wildman–Crippen LogP) is 5.86. The average molecular weight is 389 g/mol. The number of nitrogens with one attached hydrogen (secondary N) is 2. The predicted molar refractivity (Wildman–Crippen MR) is 120 cm³/mol. The van der Waals surface area contributed by atoms with Crippen molar-refractivity contribution in [2.45, 2.75) is 117 Å². The fraction of sp³-hybridized carbons (Fsp3) is 1.00. The molecule has 4 rings (SSSR count). The van der Waals surface area contributed by atoms with E-state index >= 15 is 0 Å². The Morgan fingerprint density at radius 3 is 1.32 bits per heavy atom. The zero-order valence-corrected chi connectivity index (χ0v) is 19.6. The topological polar surface area (TPSA) is 24.1 Å². The van der Waals surface area contributed by atoms with E-state index in [0.29, 0.717) is 0 Å². The number of hydrogen-bond acceptors (Lipinski definition) is 2. The lowest BCUT2D eigenvalue weighted by Crippen LogP contribution is -2.60. The molecule has 2 aliphatic carbocycles. The van der Waals surface area contributed by atoms with Gasteiger partial charge in [0.2, 0.25) is 0 Å². The van der Waals surface area contributed by atoms with Gasteiger partial charge in [0.1, 0.15) is 0 Å². The second-order valence-corrected chi connectivity index (χ2v) is 11.7. The van der Waals surface area contributed by atoms with Crippen molar-refractivity contribution in [3.05, 3.63) is 0 Å². The Morgan fingerprint density at radius 1 is 0.536 bits per heavy atom. The van der Waals surface area contributed by atoms with Gasteiger partial charge in [0.25, 0.3) is 0 Å². The second-order valence-electron chi connectivity index (χ2n) is 11.7. The van der Waals surface area contributed by atoms with Gasteiger partial charge in [-0.05, 0) is 73.0 Å². The molecule has 0 aromatic carbocycles. The summed E-state index contributed by atoms with van der Waals surface area (Å²) in [6.45, 7) is 15.2. The molecule has 0 spiro atoms. The number of fused-ring (bicyclic) bond motifs is 2. The third kappa shape index (κ3) is 3.82. The third-order valence-corrected chi connectivity index (χ3v) is 10.4. The molecule has 2 heteroatoms. The molecule has 0 radical (unpaired) electrons. The van der Waals surface area contributed by atoms with Crippen molar-refractivity contribution >= 4 is 0 Å². The molecule has 0 bridgehead atoms. The van der Waals surface area contributed by atoms with E-state index in [-0.39, 0.29) is 0 Å². The second kappa shape index (κ2) is 8.58. The first kappa shape index (κ1) is 21.2. The van der Waals surface area contributed by atoms with Crippen molar-refractivity contribution in [1.82, 2.24) is 10.6 Å². The SMILES string of the molecule is CC1CCCC2NC(CCC3NC4CCCC(C)C4C(C)C3C)C(C)C(C)C12. The van der Waals surface area contributed by atoms with Crippen LogP contribution in [0, 0.1) is 47.3 Å². The Balaban J connectivity index is 1.37. The standard InChI is InChI=1S/C26H48N2/c1-15-9-7-11-23-25(15)19(5)17(3)21(27-23)13-14-22-18(4)20(6)26-16(2)10-8-12-24(26)28-22/h15-28H,7-14H2,1-6H3. The summed E-state index contributed by atoms with van der Waals surface area (Å²) < 4.78 is 0. The van der Waals surface area contributed by atoms with Crippen LogP contribution in [0.3, 0.4) is 0 Å². The van der Waals surface area contributed by atoms with Crippen molar-refractivity contribution in [2.75, 3.05) is 0 Å². The van der Waals surface area contributed by atoms with Gasteiger partial charge in [0.15, 0.2) is 0 Å². The maximum Gasteiger partial charge on any atom is 0.0103 e. The van der Waals surface area contributed by atoms with E-state index in [9.17, 15) is 0 Å². The quantitative estimate of drug-likeness (QED) is 0.632. The Labute approximate surface area is 175 Å². The monoisotopic (exact) mass is 388 g/mol. The van der Waals surface area contributed by atoms with E-state index < -0.39 is 0 Å². The molecule has 2 nitrogen and oxygen atoms in total. The van der Waals surface area contributed by atoms with E-state index in [1.807, 2.05) is 0 Å². The third-order valence-electron chi connectivity index (χ3n) is 10.4. The van der Waals surface area contributed by atoms with Crippen molar-refractivity contribution in [3.63, 3.8) is 0 Å². The molecule has 4 aliphatic rings. The zero-order valence-electron chi connectivity index (χ0n) is 19.6. The van der Waals surface area contributed by atoms with Crippen molar-refractivity contribution in [2.24, 2.45) is 47.3 Å². The highest BCUT2D eigenvalue weighted by molar-refractivity contribution is 5.01. The lowest BCUT2D eigenvalue weighted by atomic mass is 9.61. The molecule has 28 heavy (non-hydrogen) atoms. The molecule has 12 atom stereocenters. The number of hydrogen-bond donors (Lipinski definition) is 2. The molecule has 2 N–H and O–H groups in total. The van der Waals surface area contributed by atoms with E-state index in [0.717, 1.165) is 71.5 Å². The lowest BCUT2D eigenvalue weighted by molar-refractivity contribution is 0.0153. The van der Waals surface area contributed by atoms with Gasteiger partial charge in [-0.1, -0.05) is 67.2 Å². The Hall–Kier alpha value is -0.0800. The number of rotatable bonds is 3. The molecule has 0 amide bonds. The van der Waals surface area contributed by atoms with Crippen molar-refractivity contribution < 1.29 is 0 Å². The minimum atomic E-state index is 0.730. The van der Waals surface area contributed by atoms with Gasteiger partial charge in [-0.15, -0.1) is 0 Å². The molecule has 0 aromatic heterocycles. The summed E-state index contributed by atoms with van der Waals surface area (Å²) in [5.74, 6) is 7.05. The fourth-order valence-corrected chi connectivity index (χ4v) is 8.38. The molecule has 4 fully saturated rings. The van der Waals surface area contributed by atoms with Crippen LogP contribution in [0.1, 0.15) is 92.9 Å². The van der Waals surface area contributed by atoms with E-state index in [1.54, 1.807) is 0 Å². The zero-order chi connectivity index (χ0) is 20.0. The van der Waals surface area contributed by atoms with Crippen LogP contribution in [0.15, 0.2) is 0 Å².